The van der Waals surface area contributed by atoms with E-state index < -0.39 is 10.0 Å². The number of hydrogen-bond acceptors (Lipinski definition) is 5. The molecule has 6 nitrogen and oxygen atoms in total. The standard InChI is InChI=1S/C21H23NO5S/c1-15(23)17-5-4-8-19(12-17)28(24,25)22(18-6-2-3-7-18)13-16-9-10-20-21(11-16)27-14-26-20/h4-5,8-12,18H,2-3,6-7,13-14H2,1H3. The molecule has 0 atom stereocenters. The van der Waals surface area contributed by atoms with Crippen LogP contribution in [0.15, 0.2) is 47.4 Å². The molecule has 2 aromatic carbocycles. The summed E-state index contributed by atoms with van der Waals surface area (Å²) in [5.74, 6) is 1.16. The molecule has 0 bridgehead atoms. The van der Waals surface area contributed by atoms with Crippen LogP contribution in [-0.2, 0) is 16.6 Å². The second kappa shape index (κ2) is 7.56. The lowest BCUT2D eigenvalue weighted by Gasteiger charge is -2.28. The molecule has 2 aliphatic rings. The number of sulfonamides is 1. The molecule has 0 spiro atoms. The van der Waals surface area contributed by atoms with Gasteiger partial charge in [-0.25, -0.2) is 8.42 Å². The summed E-state index contributed by atoms with van der Waals surface area (Å²) < 4.78 is 39.3. The van der Waals surface area contributed by atoms with Crippen LogP contribution in [0.1, 0.15) is 48.5 Å². The quantitative estimate of drug-likeness (QED) is 0.689. The van der Waals surface area contributed by atoms with Gasteiger partial charge in [-0.3, -0.25) is 4.79 Å². The third-order valence-electron chi connectivity index (χ3n) is 5.35. The molecule has 0 saturated heterocycles. The van der Waals surface area contributed by atoms with Crippen molar-refractivity contribution in [3.63, 3.8) is 0 Å². The summed E-state index contributed by atoms with van der Waals surface area (Å²) in [6.45, 7) is 1.88. The minimum absolute atomic E-state index is 0.0450. The molecule has 0 amide bonds. The molecule has 1 saturated carbocycles. The van der Waals surface area contributed by atoms with Crippen molar-refractivity contribution in [3.05, 3.63) is 53.6 Å². The fraction of sp³-hybridized carbons (Fsp3) is 0.381. The summed E-state index contributed by atoms with van der Waals surface area (Å²) in [5, 5.41) is 0. The summed E-state index contributed by atoms with van der Waals surface area (Å²) in [6.07, 6.45) is 3.73. The van der Waals surface area contributed by atoms with E-state index in [9.17, 15) is 13.2 Å². The molecule has 2 aromatic rings. The summed E-state index contributed by atoms with van der Waals surface area (Å²) >= 11 is 0. The van der Waals surface area contributed by atoms with Gasteiger partial charge in [0.05, 0.1) is 4.90 Å². The summed E-state index contributed by atoms with van der Waals surface area (Å²) in [4.78, 5) is 11.9. The van der Waals surface area contributed by atoms with Gasteiger partial charge in [0.15, 0.2) is 17.3 Å². The summed E-state index contributed by atoms with van der Waals surface area (Å²) in [6, 6.07) is 11.8. The van der Waals surface area contributed by atoms with E-state index in [0.29, 0.717) is 17.1 Å². The van der Waals surface area contributed by atoms with E-state index in [1.807, 2.05) is 18.2 Å². The second-order valence-electron chi connectivity index (χ2n) is 7.26. The Morgan fingerprint density at radius 3 is 2.57 bits per heavy atom. The minimum atomic E-state index is -3.74. The smallest absolute Gasteiger partial charge is 0.243 e. The number of nitrogens with zero attached hydrogens (tertiary/aromatic N) is 1. The van der Waals surface area contributed by atoms with Crippen molar-refractivity contribution in [1.82, 2.24) is 4.31 Å². The first-order valence-electron chi connectivity index (χ1n) is 9.46. The second-order valence-corrected chi connectivity index (χ2v) is 9.15. The third-order valence-corrected chi connectivity index (χ3v) is 7.25. The Balaban J connectivity index is 1.69. The molecule has 7 heteroatoms. The predicted octanol–water partition coefficient (Wildman–Crippen LogP) is 3.75. The first-order valence-corrected chi connectivity index (χ1v) is 10.9. The lowest BCUT2D eigenvalue weighted by Crippen LogP contribution is -2.38. The highest BCUT2D eigenvalue weighted by Crippen LogP contribution is 2.35. The Morgan fingerprint density at radius 1 is 1.07 bits per heavy atom. The van der Waals surface area contributed by atoms with Crippen LogP contribution < -0.4 is 9.47 Å². The first kappa shape index (κ1) is 19.0. The number of Topliss-reactive ketones (excluding diaryl/α,β-unsaturated/α-hetero) is 1. The van der Waals surface area contributed by atoms with E-state index in [-0.39, 0.29) is 30.1 Å². The zero-order chi connectivity index (χ0) is 19.7. The van der Waals surface area contributed by atoms with E-state index >= 15 is 0 Å². The molecule has 0 radical (unpaired) electrons. The van der Waals surface area contributed by atoms with Gasteiger partial charge < -0.3 is 9.47 Å². The molecule has 28 heavy (non-hydrogen) atoms. The highest BCUT2D eigenvalue weighted by atomic mass is 32.2. The van der Waals surface area contributed by atoms with Gasteiger partial charge in [-0.2, -0.15) is 4.31 Å². The molecule has 0 N–H and O–H groups in total. The number of carbonyl (C=O) groups is 1. The summed E-state index contributed by atoms with van der Waals surface area (Å²) in [5.41, 5.74) is 1.25. The van der Waals surface area contributed by atoms with Gasteiger partial charge >= 0.3 is 0 Å². The molecule has 0 aromatic heterocycles. The largest absolute Gasteiger partial charge is 0.454 e. The van der Waals surface area contributed by atoms with Crippen molar-refractivity contribution in [2.24, 2.45) is 0 Å². The van der Waals surface area contributed by atoms with Gasteiger partial charge in [0.2, 0.25) is 16.8 Å². The van der Waals surface area contributed by atoms with E-state index in [2.05, 4.69) is 0 Å². The number of fused-ring (bicyclic) bond motifs is 1. The fourth-order valence-corrected chi connectivity index (χ4v) is 5.55. The zero-order valence-corrected chi connectivity index (χ0v) is 16.6. The Bertz CT molecular complexity index is 996. The number of benzene rings is 2. The molecule has 1 heterocycles. The fourth-order valence-electron chi connectivity index (χ4n) is 3.83. The van der Waals surface area contributed by atoms with Crippen LogP contribution in [0.5, 0.6) is 11.5 Å². The Hall–Kier alpha value is -2.38. The van der Waals surface area contributed by atoms with Gasteiger partial charge in [-0.05, 0) is 49.6 Å². The summed E-state index contributed by atoms with van der Waals surface area (Å²) in [7, 11) is -3.74. The average Bonchev–Trinajstić information content (AvgIpc) is 3.37. The van der Waals surface area contributed by atoms with Crippen molar-refractivity contribution in [3.8, 4) is 11.5 Å². The van der Waals surface area contributed by atoms with Crippen molar-refractivity contribution in [1.29, 1.82) is 0 Å². The van der Waals surface area contributed by atoms with Gasteiger partial charge in [-0.1, -0.05) is 31.0 Å². The van der Waals surface area contributed by atoms with Crippen LogP contribution in [0.3, 0.4) is 0 Å². The maximum absolute atomic E-state index is 13.5. The minimum Gasteiger partial charge on any atom is -0.454 e. The van der Waals surface area contributed by atoms with Crippen molar-refractivity contribution < 1.29 is 22.7 Å². The van der Waals surface area contributed by atoms with Crippen LogP contribution >= 0.6 is 0 Å². The SMILES string of the molecule is CC(=O)c1cccc(S(=O)(=O)N(Cc2ccc3c(c2)OCO3)C2CCCC2)c1. The molecule has 1 fully saturated rings. The highest BCUT2D eigenvalue weighted by molar-refractivity contribution is 7.89. The van der Waals surface area contributed by atoms with Gasteiger partial charge in [0.1, 0.15) is 0 Å². The van der Waals surface area contributed by atoms with E-state index in [0.717, 1.165) is 31.2 Å². The molecular formula is C21H23NO5S. The number of ether oxygens (including phenoxy) is 2. The normalized spacial score (nSPS) is 16.6. The molecule has 0 unspecified atom stereocenters. The maximum atomic E-state index is 13.5. The van der Waals surface area contributed by atoms with Gasteiger partial charge in [0, 0.05) is 18.2 Å². The van der Waals surface area contributed by atoms with Crippen LogP contribution in [0.2, 0.25) is 0 Å². The predicted molar refractivity (Wildman–Crippen MR) is 104 cm³/mol. The highest BCUT2D eigenvalue weighted by Gasteiger charge is 2.34. The Labute approximate surface area is 165 Å². The number of hydrogen-bond donors (Lipinski definition) is 0. The van der Waals surface area contributed by atoms with Gasteiger partial charge in [-0.15, -0.1) is 0 Å². The van der Waals surface area contributed by atoms with E-state index in [1.165, 1.54) is 13.0 Å². The molecule has 148 valence electrons. The Morgan fingerprint density at radius 2 is 1.82 bits per heavy atom. The Kier molecular flexibility index (Phi) is 5.12. The van der Waals surface area contributed by atoms with E-state index in [1.54, 1.807) is 22.5 Å². The van der Waals surface area contributed by atoms with E-state index in [4.69, 9.17) is 9.47 Å². The third kappa shape index (κ3) is 3.64. The molecule has 4 rings (SSSR count). The van der Waals surface area contributed by atoms with Crippen LogP contribution in [-0.4, -0.2) is 31.3 Å². The average molecular weight is 401 g/mol. The lowest BCUT2D eigenvalue weighted by molar-refractivity contribution is 0.101. The maximum Gasteiger partial charge on any atom is 0.243 e. The van der Waals surface area contributed by atoms with Crippen LogP contribution in [0, 0.1) is 0 Å². The number of carbonyl (C=O) groups excluding carboxylic acids is 1. The van der Waals surface area contributed by atoms with Gasteiger partial charge in [0.25, 0.3) is 0 Å². The molecular weight excluding hydrogens is 378 g/mol. The molecule has 1 aliphatic carbocycles. The van der Waals surface area contributed by atoms with Crippen LogP contribution in [0.4, 0.5) is 0 Å². The first-order chi connectivity index (χ1) is 13.4. The topological polar surface area (TPSA) is 72.9 Å². The molecule has 1 aliphatic heterocycles. The van der Waals surface area contributed by atoms with Crippen LogP contribution in [0.25, 0.3) is 0 Å². The van der Waals surface area contributed by atoms with Crippen molar-refractivity contribution in [2.45, 2.75) is 50.1 Å². The zero-order valence-electron chi connectivity index (χ0n) is 15.8. The number of rotatable bonds is 6. The number of ketones is 1. The van der Waals surface area contributed by atoms with Crippen molar-refractivity contribution >= 4 is 15.8 Å². The lowest BCUT2D eigenvalue weighted by atomic mass is 10.1. The van der Waals surface area contributed by atoms with Crippen molar-refractivity contribution in [2.75, 3.05) is 6.79 Å². The monoisotopic (exact) mass is 401 g/mol.